The predicted octanol–water partition coefficient (Wildman–Crippen LogP) is 5.37. The van der Waals surface area contributed by atoms with Crippen molar-refractivity contribution >= 4 is 22.5 Å². The van der Waals surface area contributed by atoms with Gasteiger partial charge >= 0.3 is 0 Å². The highest BCUT2D eigenvalue weighted by atomic mass is 16.5. The van der Waals surface area contributed by atoms with E-state index in [0.717, 1.165) is 58.9 Å². The Labute approximate surface area is 194 Å². The molecule has 0 fully saturated rings. The summed E-state index contributed by atoms with van der Waals surface area (Å²) >= 11 is 0. The first-order valence-electron chi connectivity index (χ1n) is 11.4. The highest BCUT2D eigenvalue weighted by Gasteiger charge is 2.31. The number of fused-ring (bicyclic) bond motifs is 4. The normalized spacial score (nSPS) is 15.5. The second-order valence-corrected chi connectivity index (χ2v) is 8.55. The SMILES string of the molecule is CCc1c(C)c(C#N)c2nc3ccccc3n2c1N1CCc2cc(OC)c(OC)cc2C1C. The molecule has 0 spiro atoms. The summed E-state index contributed by atoms with van der Waals surface area (Å²) in [6.45, 7) is 7.32. The van der Waals surface area contributed by atoms with Crippen LogP contribution in [-0.4, -0.2) is 30.1 Å². The summed E-state index contributed by atoms with van der Waals surface area (Å²) in [5.74, 6) is 2.64. The number of nitriles is 1. The largest absolute Gasteiger partial charge is 0.493 e. The van der Waals surface area contributed by atoms with Crippen LogP contribution < -0.4 is 14.4 Å². The maximum Gasteiger partial charge on any atom is 0.161 e. The van der Waals surface area contributed by atoms with Gasteiger partial charge in [-0.2, -0.15) is 5.26 Å². The zero-order chi connectivity index (χ0) is 23.3. The Bertz CT molecular complexity index is 1430. The van der Waals surface area contributed by atoms with Crippen LogP contribution in [0.1, 0.15) is 47.7 Å². The van der Waals surface area contributed by atoms with E-state index in [2.05, 4.69) is 54.3 Å². The first kappa shape index (κ1) is 21.1. The summed E-state index contributed by atoms with van der Waals surface area (Å²) in [5, 5.41) is 10.0. The molecule has 6 heteroatoms. The fraction of sp³-hybridized carbons (Fsp3) is 0.333. The third-order valence-corrected chi connectivity index (χ3v) is 7.02. The second kappa shape index (κ2) is 8.00. The monoisotopic (exact) mass is 440 g/mol. The van der Waals surface area contributed by atoms with E-state index < -0.39 is 0 Å². The van der Waals surface area contributed by atoms with E-state index in [9.17, 15) is 5.26 Å². The Morgan fingerprint density at radius 3 is 2.58 bits per heavy atom. The van der Waals surface area contributed by atoms with Gasteiger partial charge in [0.05, 0.1) is 36.9 Å². The summed E-state index contributed by atoms with van der Waals surface area (Å²) in [6.07, 6.45) is 1.73. The van der Waals surface area contributed by atoms with E-state index in [0.29, 0.717) is 5.56 Å². The molecule has 5 rings (SSSR count). The van der Waals surface area contributed by atoms with Crippen molar-refractivity contribution in [3.05, 3.63) is 64.2 Å². The molecule has 168 valence electrons. The molecule has 4 aromatic rings. The van der Waals surface area contributed by atoms with Gasteiger partial charge in [0, 0.05) is 6.54 Å². The molecule has 2 aromatic carbocycles. The molecular formula is C27H28N4O2. The molecule has 0 amide bonds. The summed E-state index contributed by atoms with van der Waals surface area (Å²) in [4.78, 5) is 7.34. The fourth-order valence-corrected chi connectivity index (χ4v) is 5.32. The Morgan fingerprint density at radius 2 is 1.88 bits per heavy atom. The van der Waals surface area contributed by atoms with Crippen LogP contribution in [0.25, 0.3) is 16.7 Å². The number of aromatic nitrogens is 2. The number of ether oxygens (including phenoxy) is 2. The van der Waals surface area contributed by atoms with Crippen molar-refractivity contribution in [3.63, 3.8) is 0 Å². The Hall–Kier alpha value is -3.72. The average molecular weight is 441 g/mol. The van der Waals surface area contributed by atoms with Crippen LogP contribution in [0.5, 0.6) is 11.5 Å². The van der Waals surface area contributed by atoms with Crippen LogP contribution in [0.3, 0.4) is 0 Å². The lowest BCUT2D eigenvalue weighted by atomic mass is 9.91. The number of benzene rings is 2. The van der Waals surface area contributed by atoms with Gasteiger partial charge in [-0.25, -0.2) is 4.98 Å². The van der Waals surface area contributed by atoms with E-state index in [4.69, 9.17) is 14.5 Å². The van der Waals surface area contributed by atoms with Crippen molar-refractivity contribution in [1.82, 2.24) is 9.38 Å². The molecule has 1 atom stereocenters. The zero-order valence-corrected chi connectivity index (χ0v) is 19.8. The number of hydrogen-bond acceptors (Lipinski definition) is 5. The topological polar surface area (TPSA) is 62.8 Å². The van der Waals surface area contributed by atoms with Gasteiger partial charge in [-0.15, -0.1) is 0 Å². The minimum absolute atomic E-state index is 0.121. The Morgan fingerprint density at radius 1 is 1.15 bits per heavy atom. The Balaban J connectivity index is 1.80. The number of nitrogens with zero attached hydrogens (tertiary/aromatic N) is 4. The molecule has 0 saturated carbocycles. The number of para-hydroxylation sites is 2. The summed E-state index contributed by atoms with van der Waals surface area (Å²) in [6, 6.07) is 14.9. The van der Waals surface area contributed by atoms with E-state index in [1.165, 1.54) is 16.7 Å². The third-order valence-electron chi connectivity index (χ3n) is 7.02. The molecule has 0 saturated heterocycles. The van der Waals surface area contributed by atoms with Crippen molar-refractivity contribution < 1.29 is 9.47 Å². The molecule has 1 aliphatic rings. The standard InChI is InChI=1S/C27H28N4O2/c1-6-19-16(2)21(15-28)26-29-22-9-7-8-10-23(22)31(26)27(19)30-12-11-18-13-24(32-4)25(33-5)14-20(18)17(30)3/h7-10,13-14,17H,6,11-12H2,1-5H3. The number of imidazole rings is 1. The number of pyridine rings is 1. The molecule has 3 heterocycles. The van der Waals surface area contributed by atoms with Gasteiger partial charge in [-0.1, -0.05) is 19.1 Å². The van der Waals surface area contributed by atoms with Crippen molar-refractivity contribution in [2.75, 3.05) is 25.7 Å². The van der Waals surface area contributed by atoms with Gasteiger partial charge in [-0.05, 0) is 73.2 Å². The molecule has 0 N–H and O–H groups in total. The minimum atomic E-state index is 0.121. The molecule has 0 radical (unpaired) electrons. The van der Waals surface area contributed by atoms with Crippen molar-refractivity contribution in [2.45, 2.75) is 39.7 Å². The maximum atomic E-state index is 10.0. The molecule has 33 heavy (non-hydrogen) atoms. The lowest BCUT2D eigenvalue weighted by molar-refractivity contribution is 0.353. The van der Waals surface area contributed by atoms with Crippen LogP contribution in [0.2, 0.25) is 0 Å². The number of hydrogen-bond donors (Lipinski definition) is 0. The molecule has 1 aliphatic heterocycles. The average Bonchev–Trinajstić information content (AvgIpc) is 3.22. The highest BCUT2D eigenvalue weighted by molar-refractivity contribution is 5.86. The van der Waals surface area contributed by atoms with E-state index >= 15 is 0 Å². The quantitative estimate of drug-likeness (QED) is 0.427. The smallest absolute Gasteiger partial charge is 0.161 e. The van der Waals surface area contributed by atoms with Gasteiger partial charge in [0.2, 0.25) is 0 Å². The van der Waals surface area contributed by atoms with E-state index in [1.807, 2.05) is 18.2 Å². The minimum Gasteiger partial charge on any atom is -0.493 e. The van der Waals surface area contributed by atoms with Crippen LogP contribution in [0, 0.1) is 18.3 Å². The number of rotatable bonds is 4. The molecule has 6 nitrogen and oxygen atoms in total. The summed E-state index contributed by atoms with van der Waals surface area (Å²) in [7, 11) is 3.35. The second-order valence-electron chi connectivity index (χ2n) is 8.55. The van der Waals surface area contributed by atoms with Crippen LogP contribution in [0.4, 0.5) is 5.82 Å². The number of anilines is 1. The van der Waals surface area contributed by atoms with Crippen LogP contribution >= 0.6 is 0 Å². The van der Waals surface area contributed by atoms with Gasteiger partial charge < -0.3 is 14.4 Å². The van der Waals surface area contributed by atoms with Crippen LogP contribution in [0.15, 0.2) is 36.4 Å². The molecule has 2 aromatic heterocycles. The first-order chi connectivity index (χ1) is 16.0. The summed E-state index contributed by atoms with van der Waals surface area (Å²) in [5.41, 5.74) is 8.04. The third kappa shape index (κ3) is 3.03. The molecular weight excluding hydrogens is 412 g/mol. The van der Waals surface area contributed by atoms with Crippen molar-refractivity contribution in [1.29, 1.82) is 5.26 Å². The molecule has 0 aliphatic carbocycles. The fourth-order valence-electron chi connectivity index (χ4n) is 5.32. The molecule has 0 bridgehead atoms. The Kier molecular flexibility index (Phi) is 5.13. The van der Waals surface area contributed by atoms with Crippen molar-refractivity contribution in [3.8, 4) is 17.6 Å². The predicted molar refractivity (Wildman–Crippen MR) is 131 cm³/mol. The van der Waals surface area contributed by atoms with E-state index in [-0.39, 0.29) is 6.04 Å². The zero-order valence-electron chi connectivity index (χ0n) is 19.8. The lowest BCUT2D eigenvalue weighted by Crippen LogP contribution is -2.36. The van der Waals surface area contributed by atoms with E-state index in [1.54, 1.807) is 14.2 Å². The van der Waals surface area contributed by atoms with Gasteiger partial charge in [0.15, 0.2) is 17.1 Å². The van der Waals surface area contributed by atoms with Crippen molar-refractivity contribution in [2.24, 2.45) is 0 Å². The van der Waals surface area contributed by atoms with Crippen LogP contribution in [-0.2, 0) is 12.8 Å². The molecule has 1 unspecified atom stereocenters. The first-order valence-corrected chi connectivity index (χ1v) is 11.4. The maximum absolute atomic E-state index is 10.0. The highest BCUT2D eigenvalue weighted by Crippen LogP contribution is 2.42. The summed E-state index contributed by atoms with van der Waals surface area (Å²) < 4.78 is 13.3. The van der Waals surface area contributed by atoms with Gasteiger partial charge in [-0.3, -0.25) is 4.40 Å². The van der Waals surface area contributed by atoms with Gasteiger partial charge in [0.25, 0.3) is 0 Å². The number of methoxy groups -OCH3 is 2. The lowest BCUT2D eigenvalue weighted by Gasteiger charge is -2.39. The van der Waals surface area contributed by atoms with Gasteiger partial charge in [0.1, 0.15) is 11.9 Å².